The maximum atomic E-state index is 12.9. The fourth-order valence-corrected chi connectivity index (χ4v) is 7.95. The molecule has 1 aliphatic carbocycles. The second kappa shape index (κ2) is 19.3. The minimum absolute atomic E-state index is 0.0772. The van der Waals surface area contributed by atoms with E-state index in [-0.39, 0.29) is 39.9 Å². The Kier molecular flexibility index (Phi) is 14.7. The van der Waals surface area contributed by atoms with Gasteiger partial charge in [-0.25, -0.2) is 18.4 Å². The lowest BCUT2D eigenvalue weighted by atomic mass is 9.91. The normalized spacial score (nSPS) is 19.1. The van der Waals surface area contributed by atoms with Gasteiger partial charge < -0.3 is 39.3 Å². The number of alkyl carbamates (subject to hydrolysis) is 1. The number of hydrogen-bond acceptors (Lipinski definition) is 11. The maximum Gasteiger partial charge on any atom is 0.407 e. The molecule has 3 aromatic rings. The number of nitrogens with zero attached hydrogens (tertiary/aromatic N) is 1. The van der Waals surface area contributed by atoms with Gasteiger partial charge in [0.1, 0.15) is 16.8 Å². The maximum absolute atomic E-state index is 12.9. The van der Waals surface area contributed by atoms with E-state index < -0.39 is 22.0 Å². The highest BCUT2D eigenvalue weighted by molar-refractivity contribution is 7.89. The molecule has 3 atom stereocenters. The molecule has 2 heterocycles. The molecular formula is C37H50ClN5O9S. The summed E-state index contributed by atoms with van der Waals surface area (Å²) in [5.41, 5.74) is 1.43. The molecule has 16 heteroatoms. The highest BCUT2D eigenvalue weighted by Crippen LogP contribution is 2.32. The standard InChI is InChI=1S/C37H50ClN5O9S/c1-48-32-12-11-25(20-33(32)49-2)14-19-51-31-10-4-3-9-30(31)43-17-13-28(24-43)52-37(45)41-16-6-5-15-40-36(44)26-21-29(42-23-27-8-7-18-50-27)35(38)34(22-26)53(39,46)47/h7-8,11-12,18,20-22,28,30-31,42H,3-6,9-10,13-17,19,23-24H2,1-2H3,(H,40,44)(H,41,45)(H2,39,46,47)/t28-,30-,31-/m1/s1. The van der Waals surface area contributed by atoms with Crippen molar-refractivity contribution in [2.75, 3.05) is 52.3 Å². The van der Waals surface area contributed by atoms with Gasteiger partial charge in [0.2, 0.25) is 10.0 Å². The summed E-state index contributed by atoms with van der Waals surface area (Å²) in [6.45, 7) is 3.04. The average molecular weight is 776 g/mol. The number of anilines is 1. The monoisotopic (exact) mass is 775 g/mol. The van der Waals surface area contributed by atoms with E-state index in [2.05, 4.69) is 20.9 Å². The molecule has 0 spiro atoms. The van der Waals surface area contributed by atoms with Crippen molar-refractivity contribution in [3.63, 3.8) is 0 Å². The summed E-state index contributed by atoms with van der Waals surface area (Å²) in [5.74, 6) is 1.52. The first-order valence-electron chi connectivity index (χ1n) is 18.0. The molecule has 1 aromatic heterocycles. The molecule has 1 aliphatic heterocycles. The van der Waals surface area contributed by atoms with Crippen LogP contribution in [0.25, 0.3) is 0 Å². The summed E-state index contributed by atoms with van der Waals surface area (Å²) >= 11 is 6.31. The van der Waals surface area contributed by atoms with E-state index in [1.54, 1.807) is 26.4 Å². The van der Waals surface area contributed by atoms with Crippen LogP contribution in [-0.2, 0) is 32.5 Å². The van der Waals surface area contributed by atoms with Gasteiger partial charge in [-0.2, -0.15) is 0 Å². The van der Waals surface area contributed by atoms with E-state index in [0.29, 0.717) is 62.4 Å². The van der Waals surface area contributed by atoms with Gasteiger partial charge >= 0.3 is 6.09 Å². The number of carbonyl (C=O) groups is 2. The smallest absolute Gasteiger partial charge is 0.407 e. The number of rotatable bonds is 18. The molecule has 0 radical (unpaired) electrons. The average Bonchev–Trinajstić information content (AvgIpc) is 3.85. The van der Waals surface area contributed by atoms with E-state index in [4.69, 9.17) is 40.1 Å². The molecule has 2 aliphatic rings. The number of nitrogens with one attached hydrogen (secondary N) is 3. The lowest BCUT2D eigenvalue weighted by Gasteiger charge is -2.37. The first kappa shape index (κ1) is 40.2. The molecule has 0 bridgehead atoms. The number of unbranched alkanes of at least 4 members (excludes halogenated alkanes) is 1. The Morgan fingerprint density at radius 3 is 2.51 bits per heavy atom. The summed E-state index contributed by atoms with van der Waals surface area (Å²) in [5, 5.41) is 13.8. The van der Waals surface area contributed by atoms with Gasteiger partial charge in [0.05, 0.1) is 50.4 Å². The predicted octanol–water partition coefficient (Wildman–Crippen LogP) is 5.09. The molecule has 14 nitrogen and oxygen atoms in total. The summed E-state index contributed by atoms with van der Waals surface area (Å²) < 4.78 is 52.6. The van der Waals surface area contributed by atoms with Crippen molar-refractivity contribution in [3.05, 3.63) is 70.6 Å². The third-order valence-corrected chi connectivity index (χ3v) is 11.0. The Balaban J connectivity index is 1.000. The largest absolute Gasteiger partial charge is 0.493 e. The van der Waals surface area contributed by atoms with Crippen LogP contribution in [0.5, 0.6) is 11.5 Å². The Morgan fingerprint density at radius 2 is 1.77 bits per heavy atom. The van der Waals surface area contributed by atoms with Crippen LogP contribution in [0.1, 0.15) is 66.6 Å². The van der Waals surface area contributed by atoms with Crippen molar-refractivity contribution in [2.24, 2.45) is 5.14 Å². The van der Waals surface area contributed by atoms with Gasteiger partial charge in [-0.05, 0) is 80.5 Å². The number of hydrogen-bond donors (Lipinski definition) is 4. The van der Waals surface area contributed by atoms with Crippen LogP contribution in [0.4, 0.5) is 10.5 Å². The number of ether oxygens (including phenoxy) is 4. The molecule has 2 fully saturated rings. The molecule has 2 amide bonds. The fourth-order valence-electron chi connectivity index (χ4n) is 6.80. The number of carbonyl (C=O) groups excluding carboxylic acids is 2. The number of methoxy groups -OCH3 is 2. The predicted molar refractivity (Wildman–Crippen MR) is 200 cm³/mol. The second-order valence-electron chi connectivity index (χ2n) is 13.2. The van der Waals surface area contributed by atoms with Crippen LogP contribution in [-0.4, -0.2) is 90.6 Å². The van der Waals surface area contributed by atoms with Gasteiger partial charge in [-0.3, -0.25) is 9.69 Å². The van der Waals surface area contributed by atoms with Crippen molar-refractivity contribution in [1.82, 2.24) is 15.5 Å². The minimum Gasteiger partial charge on any atom is -0.493 e. The topological polar surface area (TPSA) is 184 Å². The number of sulfonamides is 1. The zero-order chi connectivity index (χ0) is 37.8. The first-order valence-corrected chi connectivity index (χ1v) is 19.9. The Bertz CT molecular complexity index is 1780. The van der Waals surface area contributed by atoms with Gasteiger partial charge in [-0.15, -0.1) is 0 Å². The SMILES string of the molecule is COc1ccc(CCO[C@@H]2CCCC[C@H]2N2CC[C@@H](OC(=O)NCCCCNC(=O)c3cc(NCc4ccco4)c(Cl)c(S(N)(=O)=O)c3)C2)cc1OC. The van der Waals surface area contributed by atoms with E-state index >= 15 is 0 Å². The number of amides is 2. The Morgan fingerprint density at radius 1 is 1.00 bits per heavy atom. The number of likely N-dealkylation sites (tertiary alicyclic amines) is 1. The molecule has 5 rings (SSSR count). The number of primary sulfonamides is 1. The lowest BCUT2D eigenvalue weighted by molar-refractivity contribution is -0.0319. The summed E-state index contributed by atoms with van der Waals surface area (Å²) in [6.07, 6.45) is 8.08. The first-order chi connectivity index (χ1) is 25.5. The summed E-state index contributed by atoms with van der Waals surface area (Å²) in [7, 11) is -0.944. The van der Waals surface area contributed by atoms with Crippen molar-refractivity contribution in [3.8, 4) is 11.5 Å². The van der Waals surface area contributed by atoms with Crippen LogP contribution >= 0.6 is 11.6 Å². The van der Waals surface area contributed by atoms with Crippen LogP contribution in [0.2, 0.25) is 5.02 Å². The van der Waals surface area contributed by atoms with E-state index in [1.165, 1.54) is 12.3 Å². The molecule has 1 saturated heterocycles. The quantitative estimate of drug-likeness (QED) is 0.126. The molecule has 5 N–H and O–H groups in total. The molecular weight excluding hydrogens is 726 g/mol. The van der Waals surface area contributed by atoms with Crippen LogP contribution in [0, 0.1) is 0 Å². The Hall–Kier alpha value is -4.02. The number of furan rings is 1. The van der Waals surface area contributed by atoms with E-state index in [9.17, 15) is 18.0 Å². The summed E-state index contributed by atoms with van der Waals surface area (Å²) in [4.78, 5) is 27.6. The highest BCUT2D eigenvalue weighted by atomic mass is 35.5. The molecule has 0 unspecified atom stereocenters. The highest BCUT2D eigenvalue weighted by Gasteiger charge is 2.36. The third-order valence-electron chi connectivity index (χ3n) is 9.56. The Labute approximate surface area is 316 Å². The van der Waals surface area contributed by atoms with Gasteiger partial charge in [-0.1, -0.05) is 30.5 Å². The van der Waals surface area contributed by atoms with Crippen molar-refractivity contribution in [1.29, 1.82) is 0 Å². The number of halogens is 1. The fraction of sp³-hybridized carbons (Fsp3) is 0.514. The molecule has 1 saturated carbocycles. The third kappa shape index (κ3) is 11.5. The van der Waals surface area contributed by atoms with Gasteiger partial charge in [0.15, 0.2) is 11.5 Å². The second-order valence-corrected chi connectivity index (χ2v) is 15.1. The number of benzene rings is 2. The van der Waals surface area contributed by atoms with E-state index in [0.717, 1.165) is 56.7 Å². The minimum atomic E-state index is -4.20. The van der Waals surface area contributed by atoms with Crippen molar-refractivity contribution in [2.45, 2.75) is 81.1 Å². The molecule has 2 aromatic carbocycles. The molecule has 53 heavy (non-hydrogen) atoms. The van der Waals surface area contributed by atoms with Crippen LogP contribution in [0.3, 0.4) is 0 Å². The number of nitrogens with two attached hydrogens (primary N) is 1. The zero-order valence-corrected chi connectivity index (χ0v) is 31.8. The van der Waals surface area contributed by atoms with Crippen molar-refractivity contribution >= 4 is 39.3 Å². The zero-order valence-electron chi connectivity index (χ0n) is 30.2. The van der Waals surface area contributed by atoms with E-state index in [1.807, 2.05) is 18.2 Å². The van der Waals surface area contributed by atoms with Gasteiger partial charge in [0, 0.05) is 37.8 Å². The summed E-state index contributed by atoms with van der Waals surface area (Å²) in [6, 6.07) is 12.3. The van der Waals surface area contributed by atoms with Crippen molar-refractivity contribution < 1.29 is 41.4 Å². The molecule has 290 valence electrons. The lowest BCUT2D eigenvalue weighted by Crippen LogP contribution is -2.46. The van der Waals surface area contributed by atoms with Gasteiger partial charge in [0.25, 0.3) is 5.91 Å². The van der Waals surface area contributed by atoms with Crippen LogP contribution < -0.4 is 30.6 Å². The van der Waals surface area contributed by atoms with Crippen LogP contribution in [0.15, 0.2) is 58.0 Å².